The number of anilines is 1. The molecule has 8 heteroatoms. The quantitative estimate of drug-likeness (QED) is 0.486. The summed E-state index contributed by atoms with van der Waals surface area (Å²) in [5.41, 5.74) is 6.08. The van der Waals surface area contributed by atoms with Crippen LogP contribution in [0.15, 0.2) is 29.3 Å². The van der Waals surface area contributed by atoms with E-state index in [1.165, 1.54) is 37.0 Å². The van der Waals surface area contributed by atoms with Crippen LogP contribution in [0.4, 0.5) is 10.5 Å². The van der Waals surface area contributed by atoms with E-state index in [1.54, 1.807) is 31.3 Å². The fourth-order valence-corrected chi connectivity index (χ4v) is 6.17. The summed E-state index contributed by atoms with van der Waals surface area (Å²) >= 11 is 5.92. The summed E-state index contributed by atoms with van der Waals surface area (Å²) < 4.78 is 0. The second-order valence-electron chi connectivity index (χ2n) is 10.4. The molecule has 2 fully saturated rings. The highest BCUT2D eigenvalue weighted by Gasteiger charge is 2.48. The maximum atomic E-state index is 13.3. The van der Waals surface area contributed by atoms with Crippen LogP contribution in [0, 0.1) is 11.8 Å². The lowest BCUT2D eigenvalue weighted by molar-refractivity contribution is -0.131. The van der Waals surface area contributed by atoms with Gasteiger partial charge in [0.1, 0.15) is 5.54 Å². The zero-order valence-electron chi connectivity index (χ0n) is 20.2. The molecule has 0 bridgehead atoms. The van der Waals surface area contributed by atoms with Gasteiger partial charge in [-0.1, -0.05) is 56.5 Å². The average molecular weight is 488 g/mol. The molecule has 3 aliphatic rings. The van der Waals surface area contributed by atoms with Gasteiger partial charge in [-0.25, -0.2) is 9.79 Å². The van der Waals surface area contributed by atoms with Crippen molar-refractivity contribution in [3.63, 3.8) is 0 Å². The molecule has 186 valence electrons. The number of nitrogens with zero attached hydrogens (tertiary/aromatic N) is 2. The third-order valence-corrected chi connectivity index (χ3v) is 8.16. The van der Waals surface area contributed by atoms with E-state index in [2.05, 4.69) is 10.6 Å². The molecule has 2 aliphatic carbocycles. The molecule has 0 spiro atoms. The molecule has 2 saturated carbocycles. The predicted octanol–water partition coefficient (Wildman–Crippen LogP) is 5.30. The van der Waals surface area contributed by atoms with Gasteiger partial charge in [0.15, 0.2) is 5.96 Å². The SMILES string of the molecule is CN1C(=O)[C@@](CCC2CCCCC2)(C[C@H]2CCC[C@@H](NC(=O)Nc3ccc(Cl)cc3)C2)N=C1N. The number of urea groups is 1. The smallest absolute Gasteiger partial charge is 0.319 e. The maximum absolute atomic E-state index is 13.3. The van der Waals surface area contributed by atoms with Gasteiger partial charge in [0, 0.05) is 23.8 Å². The molecule has 1 heterocycles. The van der Waals surface area contributed by atoms with E-state index in [1.807, 2.05) is 0 Å². The minimum atomic E-state index is -0.742. The summed E-state index contributed by atoms with van der Waals surface area (Å²) in [5, 5.41) is 6.64. The van der Waals surface area contributed by atoms with Crippen molar-refractivity contribution in [1.82, 2.24) is 10.2 Å². The van der Waals surface area contributed by atoms with Gasteiger partial charge in [-0.2, -0.15) is 0 Å². The van der Waals surface area contributed by atoms with E-state index in [9.17, 15) is 9.59 Å². The molecular formula is C26H38ClN5O2. The van der Waals surface area contributed by atoms with Crippen LogP contribution in [0.25, 0.3) is 0 Å². The van der Waals surface area contributed by atoms with Gasteiger partial charge in [0.2, 0.25) is 0 Å². The normalized spacial score (nSPS) is 28.0. The summed E-state index contributed by atoms with van der Waals surface area (Å²) in [7, 11) is 1.73. The molecule has 7 nitrogen and oxygen atoms in total. The number of carbonyl (C=O) groups is 2. The third kappa shape index (κ3) is 6.04. The van der Waals surface area contributed by atoms with E-state index in [-0.39, 0.29) is 18.0 Å². The molecule has 0 saturated heterocycles. The number of hydrogen-bond donors (Lipinski definition) is 3. The topological polar surface area (TPSA) is 99.8 Å². The molecule has 3 atom stereocenters. The van der Waals surface area contributed by atoms with Gasteiger partial charge in [-0.15, -0.1) is 0 Å². The lowest BCUT2D eigenvalue weighted by Crippen LogP contribution is -2.45. The zero-order valence-corrected chi connectivity index (χ0v) is 20.9. The molecule has 3 amide bonds. The second-order valence-corrected chi connectivity index (χ2v) is 10.9. The Hall–Kier alpha value is -2.28. The second kappa shape index (κ2) is 11.0. The van der Waals surface area contributed by atoms with Gasteiger partial charge >= 0.3 is 6.03 Å². The van der Waals surface area contributed by atoms with E-state index < -0.39 is 5.54 Å². The Bertz CT molecular complexity index is 899. The number of nitrogens with two attached hydrogens (primary N) is 1. The van der Waals surface area contributed by atoms with Crippen molar-refractivity contribution in [2.75, 3.05) is 12.4 Å². The molecule has 1 aromatic carbocycles. The number of likely N-dealkylation sites (N-methyl/N-ethyl adjacent to an activating group) is 1. The fraction of sp³-hybridized carbons (Fsp3) is 0.654. The maximum Gasteiger partial charge on any atom is 0.319 e. The number of guanidine groups is 1. The van der Waals surface area contributed by atoms with Crippen molar-refractivity contribution < 1.29 is 9.59 Å². The van der Waals surface area contributed by atoms with Crippen LogP contribution in [0.2, 0.25) is 5.02 Å². The van der Waals surface area contributed by atoms with Crippen molar-refractivity contribution in [3.05, 3.63) is 29.3 Å². The van der Waals surface area contributed by atoms with Crippen LogP contribution >= 0.6 is 11.6 Å². The standard InChI is InChI=1S/C26H38ClN5O2/c1-32-23(33)26(31-24(32)28,15-14-18-6-3-2-4-7-18)17-19-8-5-9-22(16-19)30-25(34)29-21-12-10-20(27)11-13-21/h10-13,18-19,22H,2-9,14-17H2,1H3,(H2,28,31)(H2,29,30,34)/t19-,22+,26+/m0/s1. The number of benzene rings is 1. The van der Waals surface area contributed by atoms with Gasteiger partial charge in [0.25, 0.3) is 5.91 Å². The minimum Gasteiger partial charge on any atom is -0.369 e. The number of carbonyl (C=O) groups excluding carboxylic acids is 2. The Labute approximate surface area is 207 Å². The van der Waals surface area contributed by atoms with Gasteiger partial charge in [-0.3, -0.25) is 9.69 Å². The molecule has 1 aliphatic heterocycles. The average Bonchev–Trinajstić information content (AvgIpc) is 3.04. The monoisotopic (exact) mass is 487 g/mol. The zero-order chi connectivity index (χ0) is 24.1. The van der Waals surface area contributed by atoms with E-state index in [0.717, 1.165) is 38.5 Å². The Morgan fingerprint density at radius 3 is 2.50 bits per heavy atom. The summed E-state index contributed by atoms with van der Waals surface area (Å²) in [4.78, 5) is 32.2. The summed E-state index contributed by atoms with van der Waals surface area (Å²) in [5.74, 6) is 1.39. The van der Waals surface area contributed by atoms with Crippen molar-refractivity contribution in [2.45, 2.75) is 88.6 Å². The van der Waals surface area contributed by atoms with Crippen molar-refractivity contribution in [2.24, 2.45) is 22.6 Å². The van der Waals surface area contributed by atoms with Crippen molar-refractivity contribution in [3.8, 4) is 0 Å². The van der Waals surface area contributed by atoms with Crippen LogP contribution in [0.5, 0.6) is 0 Å². The number of amides is 3. The van der Waals surface area contributed by atoms with E-state index in [4.69, 9.17) is 22.3 Å². The highest BCUT2D eigenvalue weighted by Crippen LogP contribution is 2.40. The van der Waals surface area contributed by atoms with Crippen LogP contribution < -0.4 is 16.4 Å². The number of hydrogen-bond acceptors (Lipinski definition) is 4. The van der Waals surface area contributed by atoms with E-state index in [0.29, 0.717) is 34.9 Å². The lowest BCUT2D eigenvalue weighted by Gasteiger charge is -2.35. The highest BCUT2D eigenvalue weighted by atomic mass is 35.5. The van der Waals surface area contributed by atoms with Crippen LogP contribution in [-0.4, -0.2) is 41.4 Å². The molecule has 34 heavy (non-hydrogen) atoms. The lowest BCUT2D eigenvalue weighted by atomic mass is 9.74. The van der Waals surface area contributed by atoms with E-state index >= 15 is 0 Å². The Balaban J connectivity index is 1.36. The molecule has 0 radical (unpaired) electrons. The first-order valence-corrected chi connectivity index (χ1v) is 13.2. The van der Waals surface area contributed by atoms with Gasteiger partial charge in [0.05, 0.1) is 0 Å². The van der Waals surface area contributed by atoms with Crippen molar-refractivity contribution >= 4 is 35.2 Å². The Morgan fingerprint density at radius 1 is 1.12 bits per heavy atom. The summed E-state index contributed by atoms with van der Waals surface area (Å²) in [6.45, 7) is 0. The third-order valence-electron chi connectivity index (χ3n) is 7.91. The first kappa shape index (κ1) is 24.8. The highest BCUT2D eigenvalue weighted by molar-refractivity contribution is 6.30. The van der Waals surface area contributed by atoms with Crippen molar-refractivity contribution in [1.29, 1.82) is 0 Å². The Kier molecular flexibility index (Phi) is 8.02. The van der Waals surface area contributed by atoms with Gasteiger partial charge < -0.3 is 16.4 Å². The Morgan fingerprint density at radius 2 is 1.82 bits per heavy atom. The molecule has 0 aromatic heterocycles. The van der Waals surface area contributed by atoms with Gasteiger partial charge in [-0.05, 0) is 68.2 Å². The van der Waals surface area contributed by atoms with Crippen LogP contribution in [0.3, 0.4) is 0 Å². The predicted molar refractivity (Wildman–Crippen MR) is 137 cm³/mol. The molecule has 4 N–H and O–H groups in total. The van der Waals surface area contributed by atoms with Crippen LogP contribution in [-0.2, 0) is 4.79 Å². The molecule has 4 rings (SSSR count). The number of aliphatic imine (C=N–C) groups is 1. The molecular weight excluding hydrogens is 450 g/mol. The number of halogens is 1. The van der Waals surface area contributed by atoms with Crippen LogP contribution in [0.1, 0.15) is 77.0 Å². The summed E-state index contributed by atoms with van der Waals surface area (Å²) in [6, 6.07) is 6.94. The first-order valence-electron chi connectivity index (χ1n) is 12.8. The molecule has 0 unspecified atom stereocenters. The first-order chi connectivity index (χ1) is 16.3. The number of nitrogens with one attached hydrogen (secondary N) is 2. The number of rotatable bonds is 7. The summed E-state index contributed by atoms with van der Waals surface area (Å²) in [6.07, 6.45) is 12.8. The fourth-order valence-electron chi connectivity index (χ4n) is 6.05. The largest absolute Gasteiger partial charge is 0.369 e. The molecule has 1 aromatic rings. The minimum absolute atomic E-state index is 0.0383.